The zero-order valence-electron chi connectivity index (χ0n) is 21.8. The van der Waals surface area contributed by atoms with Crippen molar-refractivity contribution < 1.29 is 23.6 Å². The summed E-state index contributed by atoms with van der Waals surface area (Å²) in [6.45, 7) is 9.77. The molecule has 1 amide bonds. The molecule has 1 saturated heterocycles. The summed E-state index contributed by atoms with van der Waals surface area (Å²) in [4.78, 5) is 28.3. The Kier molecular flexibility index (Phi) is 6.72. The van der Waals surface area contributed by atoms with Crippen LogP contribution in [0.2, 0.25) is 0 Å². The van der Waals surface area contributed by atoms with E-state index in [1.165, 1.54) is 7.11 Å². The SMILES string of the molecule is COC(=O)c1cc(B2OC(C)(C)C(C)(C)O2)c2cc(C3=CCCN(C(=O)CCn4ccnn4)C3)sc2c1. The third-order valence-corrected chi connectivity index (χ3v) is 8.60. The maximum absolute atomic E-state index is 12.9. The lowest BCUT2D eigenvalue weighted by Crippen LogP contribution is -2.41. The summed E-state index contributed by atoms with van der Waals surface area (Å²) in [5, 5.41) is 8.70. The summed E-state index contributed by atoms with van der Waals surface area (Å²) in [6.07, 6.45) is 6.72. The van der Waals surface area contributed by atoms with E-state index in [1.807, 2.05) is 44.7 Å². The van der Waals surface area contributed by atoms with E-state index >= 15 is 0 Å². The molecule has 0 aliphatic carbocycles. The van der Waals surface area contributed by atoms with Crippen molar-refractivity contribution in [1.82, 2.24) is 19.9 Å². The molecular formula is C26H31BN4O5S. The molecule has 3 aromatic rings. The number of hydrogen-bond acceptors (Lipinski definition) is 8. The number of fused-ring (bicyclic) bond motifs is 1. The molecule has 0 unspecified atom stereocenters. The molecule has 9 nitrogen and oxygen atoms in total. The van der Waals surface area contributed by atoms with Gasteiger partial charge in [0.25, 0.3) is 0 Å². The van der Waals surface area contributed by atoms with Crippen LogP contribution in [0.25, 0.3) is 15.7 Å². The van der Waals surface area contributed by atoms with Crippen LogP contribution in [0.1, 0.15) is 55.8 Å². The number of carbonyl (C=O) groups excluding carboxylic acids is 2. The Morgan fingerprint density at radius 3 is 2.59 bits per heavy atom. The quantitative estimate of drug-likeness (QED) is 0.362. The predicted molar refractivity (Wildman–Crippen MR) is 143 cm³/mol. The molecule has 2 aliphatic heterocycles. The van der Waals surface area contributed by atoms with Gasteiger partial charge in [0.1, 0.15) is 0 Å². The van der Waals surface area contributed by atoms with Crippen LogP contribution in [0.4, 0.5) is 0 Å². The number of rotatable bonds is 6. The molecule has 11 heteroatoms. The molecule has 0 N–H and O–H groups in total. The number of aromatic nitrogens is 3. The van der Waals surface area contributed by atoms with Crippen molar-refractivity contribution in [1.29, 1.82) is 0 Å². The maximum atomic E-state index is 12.9. The minimum atomic E-state index is -0.616. The van der Waals surface area contributed by atoms with E-state index < -0.39 is 24.3 Å². The summed E-state index contributed by atoms with van der Waals surface area (Å²) < 4.78 is 20.3. The first kappa shape index (κ1) is 25.6. The Labute approximate surface area is 220 Å². The van der Waals surface area contributed by atoms with E-state index in [4.69, 9.17) is 14.0 Å². The Bertz CT molecular complexity index is 1350. The molecule has 0 spiro atoms. The molecule has 5 rings (SSSR count). The van der Waals surface area contributed by atoms with Crippen LogP contribution in [-0.4, -0.2) is 70.3 Å². The van der Waals surface area contributed by atoms with Gasteiger partial charge >= 0.3 is 13.1 Å². The van der Waals surface area contributed by atoms with E-state index in [2.05, 4.69) is 22.5 Å². The highest BCUT2D eigenvalue weighted by Crippen LogP contribution is 2.39. The number of aryl methyl sites for hydroxylation is 1. The smallest absolute Gasteiger partial charge is 0.465 e. The van der Waals surface area contributed by atoms with Gasteiger partial charge in [0, 0.05) is 35.3 Å². The number of nitrogens with zero attached hydrogens (tertiary/aromatic N) is 4. The third kappa shape index (κ3) is 4.95. The average Bonchev–Trinajstić information content (AvgIpc) is 3.59. The Hall–Kier alpha value is -3.02. The van der Waals surface area contributed by atoms with E-state index in [0.717, 1.165) is 32.4 Å². The molecule has 1 fully saturated rings. The van der Waals surface area contributed by atoms with Crippen molar-refractivity contribution in [3.8, 4) is 0 Å². The predicted octanol–water partition coefficient (Wildman–Crippen LogP) is 3.28. The van der Waals surface area contributed by atoms with Crippen molar-refractivity contribution in [2.75, 3.05) is 20.2 Å². The summed E-state index contributed by atoms with van der Waals surface area (Å²) in [6, 6.07) is 5.78. The van der Waals surface area contributed by atoms with Crippen LogP contribution in [0, 0.1) is 0 Å². The number of amides is 1. The van der Waals surface area contributed by atoms with Gasteiger partial charge in [-0.1, -0.05) is 11.3 Å². The second kappa shape index (κ2) is 9.70. The van der Waals surface area contributed by atoms with Crippen LogP contribution in [0.5, 0.6) is 0 Å². The lowest BCUT2D eigenvalue weighted by molar-refractivity contribution is -0.131. The summed E-state index contributed by atoms with van der Waals surface area (Å²) in [5.74, 6) is -0.316. The molecule has 0 radical (unpaired) electrons. The van der Waals surface area contributed by atoms with Gasteiger partial charge in [0.05, 0.1) is 36.6 Å². The highest BCUT2D eigenvalue weighted by atomic mass is 32.1. The number of carbonyl (C=O) groups is 2. The van der Waals surface area contributed by atoms with Gasteiger partial charge < -0.3 is 18.9 Å². The highest BCUT2D eigenvalue weighted by Gasteiger charge is 2.52. The number of ether oxygens (including phenoxy) is 1. The van der Waals surface area contributed by atoms with Crippen molar-refractivity contribution in [3.05, 3.63) is 47.1 Å². The first-order valence-corrected chi connectivity index (χ1v) is 13.2. The highest BCUT2D eigenvalue weighted by molar-refractivity contribution is 7.20. The second-order valence-corrected chi connectivity index (χ2v) is 11.5. The van der Waals surface area contributed by atoms with Gasteiger partial charge in [-0.2, -0.15) is 0 Å². The summed E-state index contributed by atoms with van der Waals surface area (Å²) >= 11 is 1.60. The van der Waals surface area contributed by atoms with Gasteiger partial charge in [0.2, 0.25) is 5.91 Å². The first-order valence-electron chi connectivity index (χ1n) is 12.4. The molecule has 2 aliphatic rings. The van der Waals surface area contributed by atoms with Gasteiger partial charge in [-0.05, 0) is 68.7 Å². The normalized spacial score (nSPS) is 18.8. The van der Waals surface area contributed by atoms with E-state index in [-0.39, 0.29) is 5.91 Å². The fourth-order valence-corrected chi connectivity index (χ4v) is 5.75. The first-order chi connectivity index (χ1) is 17.6. The molecule has 0 saturated carbocycles. The lowest BCUT2D eigenvalue weighted by Gasteiger charge is -2.32. The third-order valence-electron chi connectivity index (χ3n) is 7.44. The lowest BCUT2D eigenvalue weighted by atomic mass is 9.76. The van der Waals surface area contributed by atoms with Crippen molar-refractivity contribution in [2.45, 2.75) is 58.3 Å². The Balaban J connectivity index is 1.44. The molecule has 37 heavy (non-hydrogen) atoms. The second-order valence-electron chi connectivity index (χ2n) is 10.4. The maximum Gasteiger partial charge on any atom is 0.495 e. The van der Waals surface area contributed by atoms with Gasteiger partial charge in [0.15, 0.2) is 0 Å². The fraction of sp³-hybridized carbons (Fsp3) is 0.462. The van der Waals surface area contributed by atoms with Crippen LogP contribution in [0.3, 0.4) is 0 Å². The van der Waals surface area contributed by atoms with Crippen molar-refractivity contribution in [2.24, 2.45) is 0 Å². The standard InChI is InChI=1S/C26H31BN4O5S/c1-25(2)26(3,4)36-27(35-25)20-13-18(24(33)34-5)14-22-19(20)15-21(37-22)17-7-6-10-30(16-17)23(32)8-11-31-12-9-28-29-31/h7,9,12-15H,6,8,10-11,16H2,1-5H3. The molecule has 194 valence electrons. The summed E-state index contributed by atoms with van der Waals surface area (Å²) in [5.41, 5.74) is 1.33. The van der Waals surface area contributed by atoms with Gasteiger partial charge in [-0.3, -0.25) is 9.48 Å². The number of hydrogen-bond donors (Lipinski definition) is 0. The van der Waals surface area contributed by atoms with Crippen LogP contribution < -0.4 is 5.46 Å². The molecule has 0 atom stereocenters. The average molecular weight is 522 g/mol. The summed E-state index contributed by atoms with van der Waals surface area (Å²) in [7, 11) is 0.761. The number of thiophene rings is 1. The number of esters is 1. The molecule has 2 aromatic heterocycles. The van der Waals surface area contributed by atoms with Crippen molar-refractivity contribution in [3.63, 3.8) is 0 Å². The van der Waals surface area contributed by atoms with Gasteiger partial charge in [-0.15, -0.1) is 16.4 Å². The van der Waals surface area contributed by atoms with E-state index in [0.29, 0.717) is 31.6 Å². The fourth-order valence-electron chi connectivity index (χ4n) is 4.58. The number of benzene rings is 1. The van der Waals surface area contributed by atoms with Crippen LogP contribution in [0.15, 0.2) is 36.7 Å². The number of methoxy groups -OCH3 is 1. The molecule has 1 aromatic carbocycles. The zero-order chi connectivity index (χ0) is 26.4. The minimum Gasteiger partial charge on any atom is -0.465 e. The topological polar surface area (TPSA) is 95.8 Å². The van der Waals surface area contributed by atoms with E-state index in [9.17, 15) is 9.59 Å². The van der Waals surface area contributed by atoms with Crippen molar-refractivity contribution >= 4 is 51.5 Å². The largest absolute Gasteiger partial charge is 0.495 e. The molecule has 0 bridgehead atoms. The Morgan fingerprint density at radius 2 is 1.92 bits per heavy atom. The monoisotopic (exact) mass is 522 g/mol. The van der Waals surface area contributed by atoms with Gasteiger partial charge in [-0.25, -0.2) is 4.79 Å². The van der Waals surface area contributed by atoms with E-state index in [1.54, 1.807) is 28.4 Å². The van der Waals surface area contributed by atoms with Crippen LogP contribution in [-0.2, 0) is 25.4 Å². The minimum absolute atomic E-state index is 0.0908. The van der Waals surface area contributed by atoms with Crippen LogP contribution >= 0.6 is 11.3 Å². The Morgan fingerprint density at radius 1 is 1.16 bits per heavy atom. The molecular weight excluding hydrogens is 491 g/mol. The molecule has 4 heterocycles. The zero-order valence-corrected chi connectivity index (χ0v) is 22.6.